The summed E-state index contributed by atoms with van der Waals surface area (Å²) in [5, 5.41) is 8.17. The Labute approximate surface area is 125 Å². The lowest BCUT2D eigenvalue weighted by atomic mass is 10.1. The molecule has 0 radical (unpaired) electrons. The summed E-state index contributed by atoms with van der Waals surface area (Å²) in [5.41, 5.74) is 0. The van der Waals surface area contributed by atoms with Gasteiger partial charge >= 0.3 is 5.97 Å². The lowest BCUT2D eigenvalue weighted by Gasteiger charge is -2.30. The van der Waals surface area contributed by atoms with Gasteiger partial charge < -0.3 is 9.64 Å². The molecule has 21 heavy (non-hydrogen) atoms. The lowest BCUT2D eigenvalue weighted by Crippen LogP contribution is -2.44. The summed E-state index contributed by atoms with van der Waals surface area (Å²) in [7, 11) is 2.01. The van der Waals surface area contributed by atoms with Crippen molar-refractivity contribution in [2.45, 2.75) is 44.4 Å². The molecule has 114 valence electrons. The molecule has 6 nitrogen and oxygen atoms in total. The van der Waals surface area contributed by atoms with Crippen molar-refractivity contribution in [3.63, 3.8) is 0 Å². The Morgan fingerprint density at radius 2 is 2.38 bits per heavy atom. The molecule has 0 bridgehead atoms. The van der Waals surface area contributed by atoms with Crippen LogP contribution < -0.4 is 4.90 Å². The molecule has 0 aromatic carbocycles. The van der Waals surface area contributed by atoms with Crippen LogP contribution in [0.15, 0.2) is 18.3 Å². The van der Waals surface area contributed by atoms with Crippen molar-refractivity contribution in [3.8, 4) is 0 Å². The molecule has 6 heteroatoms. The highest BCUT2D eigenvalue weighted by atomic mass is 16.6. The molecule has 0 N–H and O–H groups in total. The number of carbonyl (C=O) groups excluding carboxylic acids is 1. The van der Waals surface area contributed by atoms with Crippen molar-refractivity contribution in [3.05, 3.63) is 18.3 Å². The summed E-state index contributed by atoms with van der Waals surface area (Å²) in [6, 6.07) is 4.19. The minimum atomic E-state index is -0.107. The van der Waals surface area contributed by atoms with Crippen LogP contribution >= 0.6 is 0 Å². The molecular weight excluding hydrogens is 268 g/mol. The van der Waals surface area contributed by atoms with E-state index in [1.54, 1.807) is 6.20 Å². The van der Waals surface area contributed by atoms with Crippen molar-refractivity contribution in [1.82, 2.24) is 15.1 Å². The third-order valence-electron chi connectivity index (χ3n) is 4.41. The molecule has 0 spiro atoms. The van der Waals surface area contributed by atoms with E-state index in [1.807, 2.05) is 26.1 Å². The van der Waals surface area contributed by atoms with Gasteiger partial charge in [0.25, 0.3) is 0 Å². The van der Waals surface area contributed by atoms with Crippen LogP contribution in [-0.2, 0) is 9.53 Å². The Balaban J connectivity index is 1.65. The van der Waals surface area contributed by atoms with Gasteiger partial charge in [-0.25, -0.2) is 0 Å². The summed E-state index contributed by atoms with van der Waals surface area (Å²) in [4.78, 5) is 16.3. The molecule has 3 rings (SSSR count). The molecule has 1 aromatic rings. The number of hydrogen-bond donors (Lipinski definition) is 0. The summed E-state index contributed by atoms with van der Waals surface area (Å²) < 4.78 is 5.25. The number of cyclic esters (lactones) is 1. The number of anilines is 1. The van der Waals surface area contributed by atoms with Crippen LogP contribution in [0.1, 0.15) is 26.2 Å². The fourth-order valence-corrected chi connectivity index (χ4v) is 3.33. The van der Waals surface area contributed by atoms with E-state index in [4.69, 9.17) is 4.74 Å². The molecule has 1 aromatic heterocycles. The number of nitrogens with zero attached hydrogens (tertiary/aromatic N) is 4. The predicted molar refractivity (Wildman–Crippen MR) is 79.0 cm³/mol. The van der Waals surface area contributed by atoms with E-state index in [0.29, 0.717) is 6.04 Å². The van der Waals surface area contributed by atoms with Gasteiger partial charge in [0.05, 0.1) is 0 Å². The van der Waals surface area contributed by atoms with Crippen LogP contribution in [0.4, 0.5) is 5.82 Å². The number of esters is 1. The quantitative estimate of drug-likeness (QED) is 0.774. The molecule has 2 fully saturated rings. The standard InChI is InChI=1S/C15H22N4O2/c1-11-9-13(15(20)21-11)18(2)10-12-5-4-8-19(12)14-6-3-7-16-17-14/h3,6-7,11-13H,4-5,8-10H2,1-2H3/t11-,12+,13-/m1/s1. The zero-order valence-corrected chi connectivity index (χ0v) is 12.6. The van der Waals surface area contributed by atoms with E-state index in [1.165, 1.54) is 0 Å². The fraction of sp³-hybridized carbons (Fsp3) is 0.667. The average molecular weight is 290 g/mol. The zero-order chi connectivity index (χ0) is 14.8. The first-order chi connectivity index (χ1) is 10.1. The Kier molecular flexibility index (Phi) is 4.05. The van der Waals surface area contributed by atoms with E-state index in [9.17, 15) is 4.79 Å². The molecule has 0 saturated carbocycles. The molecule has 2 aliphatic rings. The fourth-order valence-electron chi connectivity index (χ4n) is 3.33. The van der Waals surface area contributed by atoms with E-state index in [2.05, 4.69) is 20.0 Å². The van der Waals surface area contributed by atoms with Gasteiger partial charge in [-0.1, -0.05) is 0 Å². The number of rotatable bonds is 4. The minimum absolute atomic E-state index is 0.0321. The first-order valence-corrected chi connectivity index (χ1v) is 7.60. The van der Waals surface area contributed by atoms with Gasteiger partial charge in [-0.15, -0.1) is 5.10 Å². The molecule has 0 unspecified atom stereocenters. The van der Waals surface area contributed by atoms with Crippen molar-refractivity contribution in [2.75, 3.05) is 25.0 Å². The monoisotopic (exact) mass is 290 g/mol. The van der Waals surface area contributed by atoms with Crippen molar-refractivity contribution in [2.24, 2.45) is 0 Å². The van der Waals surface area contributed by atoms with Crippen LogP contribution in [0.2, 0.25) is 0 Å². The Morgan fingerprint density at radius 3 is 3.05 bits per heavy atom. The Bertz CT molecular complexity index is 496. The SMILES string of the molecule is C[C@@H]1C[C@@H](N(C)C[C@@H]2CCCN2c2cccnn2)C(=O)O1. The number of ether oxygens (including phenoxy) is 1. The highest BCUT2D eigenvalue weighted by Crippen LogP contribution is 2.26. The van der Waals surface area contributed by atoms with E-state index in [-0.39, 0.29) is 18.1 Å². The molecule has 3 atom stereocenters. The molecule has 2 saturated heterocycles. The van der Waals surface area contributed by atoms with Crippen LogP contribution in [0.5, 0.6) is 0 Å². The van der Waals surface area contributed by atoms with Crippen molar-refractivity contribution >= 4 is 11.8 Å². The summed E-state index contributed by atoms with van der Waals surface area (Å²) >= 11 is 0. The Morgan fingerprint density at radius 1 is 1.52 bits per heavy atom. The first-order valence-electron chi connectivity index (χ1n) is 7.60. The molecule has 2 aliphatic heterocycles. The maximum Gasteiger partial charge on any atom is 0.323 e. The van der Waals surface area contributed by atoms with Gasteiger partial charge in [0.2, 0.25) is 0 Å². The van der Waals surface area contributed by atoms with E-state index in [0.717, 1.165) is 38.2 Å². The Hall–Kier alpha value is -1.69. The van der Waals surface area contributed by atoms with Gasteiger partial charge in [0, 0.05) is 31.7 Å². The zero-order valence-electron chi connectivity index (χ0n) is 12.6. The van der Waals surface area contributed by atoms with Crippen LogP contribution in [-0.4, -0.2) is 59.4 Å². The van der Waals surface area contributed by atoms with Gasteiger partial charge in [-0.2, -0.15) is 5.10 Å². The normalized spacial score (nSPS) is 29.2. The number of hydrogen-bond acceptors (Lipinski definition) is 6. The maximum absolute atomic E-state index is 11.9. The minimum Gasteiger partial charge on any atom is -0.461 e. The van der Waals surface area contributed by atoms with Crippen molar-refractivity contribution < 1.29 is 9.53 Å². The second-order valence-corrected chi connectivity index (χ2v) is 6.01. The smallest absolute Gasteiger partial charge is 0.323 e. The lowest BCUT2D eigenvalue weighted by molar-refractivity contribution is -0.144. The maximum atomic E-state index is 11.9. The summed E-state index contributed by atoms with van der Waals surface area (Å²) in [5.74, 6) is 0.838. The molecule has 0 amide bonds. The largest absolute Gasteiger partial charge is 0.461 e. The second-order valence-electron chi connectivity index (χ2n) is 6.01. The summed E-state index contributed by atoms with van der Waals surface area (Å²) in [6.45, 7) is 3.80. The van der Waals surface area contributed by atoms with Gasteiger partial charge in [-0.3, -0.25) is 9.69 Å². The van der Waals surface area contributed by atoms with Gasteiger partial charge in [-0.05, 0) is 38.9 Å². The third kappa shape index (κ3) is 3.00. The van der Waals surface area contributed by atoms with E-state index < -0.39 is 0 Å². The molecular formula is C15H22N4O2. The topological polar surface area (TPSA) is 58.6 Å². The van der Waals surface area contributed by atoms with Crippen LogP contribution in [0.3, 0.4) is 0 Å². The van der Waals surface area contributed by atoms with Crippen LogP contribution in [0.25, 0.3) is 0 Å². The highest BCUT2D eigenvalue weighted by Gasteiger charge is 2.37. The van der Waals surface area contributed by atoms with Gasteiger partial charge in [0.1, 0.15) is 12.1 Å². The van der Waals surface area contributed by atoms with Crippen LogP contribution in [0, 0.1) is 0 Å². The van der Waals surface area contributed by atoms with Gasteiger partial charge in [0.15, 0.2) is 5.82 Å². The average Bonchev–Trinajstić information content (AvgIpc) is 3.06. The predicted octanol–water partition coefficient (Wildman–Crippen LogP) is 1.08. The summed E-state index contributed by atoms with van der Waals surface area (Å²) in [6.07, 6.45) is 4.78. The third-order valence-corrected chi connectivity index (χ3v) is 4.41. The highest BCUT2D eigenvalue weighted by molar-refractivity contribution is 5.77. The number of carbonyl (C=O) groups is 1. The number of likely N-dealkylation sites (N-methyl/N-ethyl adjacent to an activating group) is 1. The second kappa shape index (κ2) is 5.97. The van der Waals surface area contributed by atoms with E-state index >= 15 is 0 Å². The molecule has 3 heterocycles. The molecule has 0 aliphatic carbocycles. The van der Waals surface area contributed by atoms with Crippen molar-refractivity contribution in [1.29, 1.82) is 0 Å². The number of aromatic nitrogens is 2. The first kappa shape index (κ1) is 14.3.